The van der Waals surface area contributed by atoms with Gasteiger partial charge in [0.25, 0.3) is 0 Å². The molecule has 0 amide bonds. The van der Waals surface area contributed by atoms with Gasteiger partial charge in [-0.15, -0.1) is 0 Å². The van der Waals surface area contributed by atoms with E-state index in [1.54, 1.807) is 20.8 Å². The van der Waals surface area contributed by atoms with Crippen molar-refractivity contribution in [3.63, 3.8) is 0 Å². The zero-order valence-electron chi connectivity index (χ0n) is 12.4. The van der Waals surface area contributed by atoms with Gasteiger partial charge in [0.2, 0.25) is 11.6 Å². The van der Waals surface area contributed by atoms with E-state index >= 15 is 0 Å². The first-order valence-corrected chi connectivity index (χ1v) is 6.52. The van der Waals surface area contributed by atoms with Gasteiger partial charge in [0.05, 0.1) is 18.8 Å². The van der Waals surface area contributed by atoms with Gasteiger partial charge in [0.15, 0.2) is 11.6 Å². The van der Waals surface area contributed by atoms with Gasteiger partial charge < -0.3 is 14.2 Å². The Balaban J connectivity index is 2.99. The third-order valence-electron chi connectivity index (χ3n) is 2.25. The van der Waals surface area contributed by atoms with Crippen molar-refractivity contribution in [1.82, 2.24) is 0 Å². The zero-order valence-corrected chi connectivity index (χ0v) is 12.4. The largest absolute Gasteiger partial charge is 0.488 e. The van der Waals surface area contributed by atoms with Gasteiger partial charge in [0.1, 0.15) is 5.76 Å². The summed E-state index contributed by atoms with van der Waals surface area (Å²) in [4.78, 5) is 11.2. The molecular formula is C15H18F2O4. The number of hydrogen-bond donors (Lipinski definition) is 0. The molecule has 1 aromatic rings. The van der Waals surface area contributed by atoms with E-state index in [-0.39, 0.29) is 24.2 Å². The number of benzene rings is 1. The van der Waals surface area contributed by atoms with E-state index in [9.17, 15) is 13.6 Å². The van der Waals surface area contributed by atoms with Crippen LogP contribution in [0.1, 0.15) is 27.7 Å². The van der Waals surface area contributed by atoms with Crippen molar-refractivity contribution in [2.24, 2.45) is 0 Å². The van der Waals surface area contributed by atoms with E-state index < -0.39 is 23.4 Å². The lowest BCUT2D eigenvalue weighted by Gasteiger charge is -2.14. The molecule has 0 heterocycles. The summed E-state index contributed by atoms with van der Waals surface area (Å²) in [6.45, 7) is 6.67. The summed E-state index contributed by atoms with van der Waals surface area (Å²) in [6.07, 6.45) is 0.743. The lowest BCUT2D eigenvalue weighted by Crippen LogP contribution is -2.09. The van der Waals surface area contributed by atoms with Crippen molar-refractivity contribution in [3.05, 3.63) is 35.6 Å². The first-order chi connectivity index (χ1) is 9.85. The molecule has 0 unspecified atom stereocenters. The molecule has 1 rings (SSSR count). The molecule has 0 saturated carbocycles. The molecule has 0 spiro atoms. The number of allylic oxidation sites excluding steroid dienone is 1. The van der Waals surface area contributed by atoms with Crippen molar-refractivity contribution < 1.29 is 27.8 Å². The summed E-state index contributed by atoms with van der Waals surface area (Å²) in [5.41, 5.74) is 0. The molecular weight excluding hydrogens is 282 g/mol. The molecule has 0 saturated heterocycles. The maximum Gasteiger partial charge on any atom is 0.334 e. The number of esters is 1. The molecule has 0 bridgehead atoms. The Morgan fingerprint density at radius 3 is 2.57 bits per heavy atom. The molecule has 0 aliphatic carbocycles. The maximum absolute atomic E-state index is 14.1. The highest BCUT2D eigenvalue weighted by Gasteiger charge is 2.18. The second-order valence-electron chi connectivity index (χ2n) is 4.46. The predicted molar refractivity (Wildman–Crippen MR) is 73.1 cm³/mol. The highest BCUT2D eigenvalue weighted by atomic mass is 19.1. The quantitative estimate of drug-likeness (QED) is 0.457. The molecule has 0 atom stereocenters. The van der Waals surface area contributed by atoms with Crippen molar-refractivity contribution in [3.8, 4) is 11.5 Å². The van der Waals surface area contributed by atoms with E-state index in [0.717, 1.165) is 12.1 Å². The Morgan fingerprint density at radius 2 is 2.00 bits per heavy atom. The van der Waals surface area contributed by atoms with Gasteiger partial charge >= 0.3 is 5.97 Å². The molecule has 116 valence electrons. The smallest absolute Gasteiger partial charge is 0.334 e. The van der Waals surface area contributed by atoms with Crippen LogP contribution >= 0.6 is 0 Å². The molecule has 0 N–H and O–H groups in total. The van der Waals surface area contributed by atoms with Crippen LogP contribution in [0.5, 0.6) is 11.5 Å². The number of carbonyl (C=O) groups is 1. The van der Waals surface area contributed by atoms with E-state index in [1.807, 2.05) is 0 Å². The fourth-order valence-corrected chi connectivity index (χ4v) is 1.49. The third kappa shape index (κ3) is 5.06. The van der Waals surface area contributed by atoms with Gasteiger partial charge in [-0.25, -0.2) is 9.18 Å². The van der Waals surface area contributed by atoms with Gasteiger partial charge in [-0.1, -0.05) is 0 Å². The van der Waals surface area contributed by atoms with Crippen LogP contribution in [0.3, 0.4) is 0 Å². The normalized spacial score (nSPS) is 11.5. The summed E-state index contributed by atoms with van der Waals surface area (Å²) in [5, 5.41) is 0. The molecule has 0 aliphatic heterocycles. The lowest BCUT2D eigenvalue weighted by molar-refractivity contribution is -0.137. The van der Waals surface area contributed by atoms with Gasteiger partial charge in [-0.05, 0) is 39.8 Å². The predicted octanol–water partition coefficient (Wildman–Crippen LogP) is 3.60. The Labute approximate surface area is 122 Å². The molecule has 21 heavy (non-hydrogen) atoms. The van der Waals surface area contributed by atoms with Gasteiger partial charge in [0, 0.05) is 0 Å². The highest BCUT2D eigenvalue weighted by molar-refractivity contribution is 5.82. The average Bonchev–Trinajstić information content (AvgIpc) is 2.37. The molecule has 0 aromatic heterocycles. The van der Waals surface area contributed by atoms with E-state index in [1.165, 1.54) is 13.0 Å². The van der Waals surface area contributed by atoms with Crippen molar-refractivity contribution in [2.45, 2.75) is 33.8 Å². The molecule has 0 aliphatic rings. The minimum atomic E-state index is -0.958. The highest BCUT2D eigenvalue weighted by Crippen LogP contribution is 2.31. The maximum atomic E-state index is 14.1. The fourth-order valence-electron chi connectivity index (χ4n) is 1.49. The summed E-state index contributed by atoms with van der Waals surface area (Å²) >= 11 is 0. The van der Waals surface area contributed by atoms with Gasteiger partial charge in [-0.3, -0.25) is 0 Å². The topological polar surface area (TPSA) is 44.8 Å². The molecule has 0 fully saturated rings. The Kier molecular flexibility index (Phi) is 6.14. The minimum absolute atomic E-state index is 0.00736. The summed E-state index contributed by atoms with van der Waals surface area (Å²) in [5.74, 6) is -3.23. The second kappa shape index (κ2) is 7.61. The van der Waals surface area contributed by atoms with Crippen molar-refractivity contribution in [2.75, 3.05) is 6.61 Å². The number of hydrogen-bond acceptors (Lipinski definition) is 4. The van der Waals surface area contributed by atoms with Crippen molar-refractivity contribution in [1.29, 1.82) is 0 Å². The van der Waals surface area contributed by atoms with E-state index in [2.05, 4.69) is 4.74 Å². The summed E-state index contributed by atoms with van der Waals surface area (Å²) < 4.78 is 42.7. The Bertz CT molecular complexity index is 539. The first kappa shape index (κ1) is 16.9. The number of halogens is 2. The van der Waals surface area contributed by atoms with Gasteiger partial charge in [-0.2, -0.15) is 4.39 Å². The first-order valence-electron chi connectivity index (χ1n) is 6.52. The van der Waals surface area contributed by atoms with Crippen molar-refractivity contribution >= 4 is 5.97 Å². The zero-order chi connectivity index (χ0) is 16.0. The number of carbonyl (C=O) groups excluding carboxylic acids is 1. The standard InChI is InChI=1S/C15H18F2O4/c1-5-19-13(18)8-10(4)21-15-11(16)6-7-12(14(15)17)20-9(2)3/h6-9H,5H2,1-4H3. The van der Waals surface area contributed by atoms with Crippen LogP contribution in [0, 0.1) is 11.6 Å². The molecule has 1 aromatic carbocycles. The number of ether oxygens (including phenoxy) is 3. The lowest BCUT2D eigenvalue weighted by atomic mass is 10.3. The van der Waals surface area contributed by atoms with E-state index in [0.29, 0.717) is 0 Å². The fraction of sp³-hybridized carbons (Fsp3) is 0.400. The Hall–Kier alpha value is -2.11. The Morgan fingerprint density at radius 1 is 1.33 bits per heavy atom. The van der Waals surface area contributed by atoms with Crippen LogP contribution in [-0.4, -0.2) is 18.7 Å². The molecule has 6 heteroatoms. The van der Waals surface area contributed by atoms with Crippen LogP contribution in [-0.2, 0) is 9.53 Å². The van der Waals surface area contributed by atoms with Crippen LogP contribution in [0.15, 0.2) is 24.0 Å². The minimum Gasteiger partial charge on any atom is -0.488 e. The van der Waals surface area contributed by atoms with Crippen LogP contribution < -0.4 is 9.47 Å². The van der Waals surface area contributed by atoms with Crippen LogP contribution in [0.4, 0.5) is 8.78 Å². The molecule has 0 radical (unpaired) electrons. The second-order valence-corrected chi connectivity index (χ2v) is 4.46. The monoisotopic (exact) mass is 300 g/mol. The SMILES string of the molecule is CCOC(=O)C=C(C)Oc1c(F)ccc(OC(C)C)c1F. The number of rotatable bonds is 6. The third-order valence-corrected chi connectivity index (χ3v) is 2.25. The van der Waals surface area contributed by atoms with Crippen LogP contribution in [0.2, 0.25) is 0 Å². The van der Waals surface area contributed by atoms with E-state index in [4.69, 9.17) is 9.47 Å². The van der Waals surface area contributed by atoms with Crippen LogP contribution in [0.25, 0.3) is 0 Å². The summed E-state index contributed by atoms with van der Waals surface area (Å²) in [6, 6.07) is 2.22. The summed E-state index contributed by atoms with van der Waals surface area (Å²) in [7, 11) is 0. The average molecular weight is 300 g/mol. The molecule has 4 nitrogen and oxygen atoms in total.